The van der Waals surface area contributed by atoms with Crippen LogP contribution < -0.4 is 4.90 Å². The van der Waals surface area contributed by atoms with Crippen LogP contribution >= 0.6 is 0 Å². The number of Topliss-reactive ketones (excluding diaryl/α,β-unsaturated/α-hetero) is 1. The van der Waals surface area contributed by atoms with Crippen molar-refractivity contribution >= 4 is 22.7 Å². The van der Waals surface area contributed by atoms with Crippen molar-refractivity contribution in [3.05, 3.63) is 71.9 Å². The Hall–Kier alpha value is -2.92. The van der Waals surface area contributed by atoms with Crippen LogP contribution in [0.5, 0.6) is 0 Å². The Morgan fingerprint density at radius 2 is 1.90 bits per heavy atom. The molecule has 0 spiro atoms. The number of piperidine rings is 1. The monoisotopic (exact) mass is 391 g/mol. The highest BCUT2D eigenvalue weighted by Gasteiger charge is 2.39. The van der Waals surface area contributed by atoms with Gasteiger partial charge in [-0.25, -0.2) is 0 Å². The van der Waals surface area contributed by atoms with Crippen molar-refractivity contribution in [1.29, 1.82) is 0 Å². The van der Waals surface area contributed by atoms with E-state index in [1.165, 1.54) is 0 Å². The molecule has 5 nitrogen and oxygen atoms in total. The number of likely N-dealkylation sites (tertiary alicyclic amines) is 1. The lowest BCUT2D eigenvalue weighted by molar-refractivity contribution is -0.928. The second-order valence-electron chi connectivity index (χ2n) is 7.66. The Morgan fingerprint density at radius 3 is 2.69 bits per heavy atom. The van der Waals surface area contributed by atoms with Gasteiger partial charge in [0.05, 0.1) is 19.7 Å². The fourth-order valence-electron chi connectivity index (χ4n) is 4.47. The predicted molar refractivity (Wildman–Crippen MR) is 112 cm³/mol. The third kappa shape index (κ3) is 3.96. The molecule has 1 fully saturated rings. The zero-order chi connectivity index (χ0) is 20.2. The summed E-state index contributed by atoms with van der Waals surface area (Å²) in [4.78, 5) is 30.5. The summed E-state index contributed by atoms with van der Waals surface area (Å²) < 4.78 is 5.26. The summed E-state index contributed by atoms with van der Waals surface area (Å²) in [6.45, 7) is 3.70. The third-order valence-electron chi connectivity index (χ3n) is 5.84. The van der Waals surface area contributed by atoms with Gasteiger partial charge in [-0.2, -0.15) is 0 Å². The van der Waals surface area contributed by atoms with Gasteiger partial charge in [-0.1, -0.05) is 48.5 Å². The van der Waals surface area contributed by atoms with E-state index in [1.807, 2.05) is 67.7 Å². The summed E-state index contributed by atoms with van der Waals surface area (Å²) in [7, 11) is 0. The minimum Gasteiger partial charge on any atom is -0.466 e. The first kappa shape index (κ1) is 19.4. The first-order valence-electron chi connectivity index (χ1n) is 10.4. The Kier molecular flexibility index (Phi) is 5.76. The van der Waals surface area contributed by atoms with E-state index in [-0.39, 0.29) is 23.7 Å². The molecule has 3 aromatic rings. The van der Waals surface area contributed by atoms with E-state index in [9.17, 15) is 9.59 Å². The summed E-state index contributed by atoms with van der Waals surface area (Å²) in [5.74, 6) is -0.204. The van der Waals surface area contributed by atoms with Gasteiger partial charge in [-0.15, -0.1) is 0 Å². The second kappa shape index (κ2) is 8.62. The summed E-state index contributed by atoms with van der Waals surface area (Å²) in [5, 5.41) is 0.941. The fourth-order valence-corrected chi connectivity index (χ4v) is 4.47. The number of aromatic amines is 1. The SMILES string of the molecule is CCOC(=O)[C@H]1CCC[NH+]([C@H](C(=O)c2c[nH]c3ccccc23)c2ccccc2)C1. The number of para-hydroxylation sites is 1. The molecule has 5 heteroatoms. The normalized spacial score (nSPS) is 20.3. The number of carbonyl (C=O) groups is 2. The van der Waals surface area contributed by atoms with Crippen LogP contribution in [0.2, 0.25) is 0 Å². The van der Waals surface area contributed by atoms with Gasteiger partial charge < -0.3 is 14.6 Å². The zero-order valence-corrected chi connectivity index (χ0v) is 16.7. The smallest absolute Gasteiger partial charge is 0.314 e. The van der Waals surface area contributed by atoms with Crippen LogP contribution in [-0.4, -0.2) is 36.4 Å². The first-order chi connectivity index (χ1) is 14.2. The van der Waals surface area contributed by atoms with Crippen molar-refractivity contribution < 1.29 is 19.2 Å². The van der Waals surface area contributed by atoms with E-state index in [0.29, 0.717) is 18.7 Å². The maximum atomic E-state index is 13.8. The van der Waals surface area contributed by atoms with Gasteiger partial charge in [0.1, 0.15) is 5.92 Å². The van der Waals surface area contributed by atoms with E-state index >= 15 is 0 Å². The molecule has 3 atom stereocenters. The largest absolute Gasteiger partial charge is 0.466 e. The molecular weight excluding hydrogens is 364 g/mol. The number of hydrogen-bond acceptors (Lipinski definition) is 3. The molecule has 4 rings (SSSR count). The van der Waals surface area contributed by atoms with Gasteiger partial charge in [-0.05, 0) is 25.8 Å². The number of rotatable bonds is 6. The number of ether oxygens (including phenoxy) is 1. The van der Waals surface area contributed by atoms with Crippen LogP contribution in [0.4, 0.5) is 0 Å². The molecular formula is C24H27N2O3+. The number of aromatic nitrogens is 1. The van der Waals surface area contributed by atoms with Gasteiger partial charge in [0, 0.05) is 28.2 Å². The molecule has 2 N–H and O–H groups in total. The van der Waals surface area contributed by atoms with Crippen molar-refractivity contribution in [2.45, 2.75) is 25.8 Å². The highest BCUT2D eigenvalue weighted by Crippen LogP contribution is 2.24. The van der Waals surface area contributed by atoms with Gasteiger partial charge in [0.15, 0.2) is 6.04 Å². The lowest BCUT2D eigenvalue weighted by Gasteiger charge is -2.34. The van der Waals surface area contributed by atoms with E-state index in [4.69, 9.17) is 4.74 Å². The number of esters is 1. The van der Waals surface area contributed by atoms with Gasteiger partial charge >= 0.3 is 5.97 Å². The maximum Gasteiger partial charge on any atom is 0.314 e. The predicted octanol–water partition coefficient (Wildman–Crippen LogP) is 2.95. The Labute approximate surface area is 170 Å². The van der Waals surface area contributed by atoms with Crippen LogP contribution in [0, 0.1) is 5.92 Å². The Morgan fingerprint density at radius 1 is 1.14 bits per heavy atom. The molecule has 0 aliphatic carbocycles. The summed E-state index contributed by atoms with van der Waals surface area (Å²) in [6.07, 6.45) is 3.55. The molecule has 0 saturated carbocycles. The first-order valence-corrected chi connectivity index (χ1v) is 10.4. The second-order valence-corrected chi connectivity index (χ2v) is 7.66. The number of ketones is 1. The number of benzene rings is 2. The van der Waals surface area contributed by atoms with Crippen molar-refractivity contribution in [2.24, 2.45) is 5.92 Å². The highest BCUT2D eigenvalue weighted by atomic mass is 16.5. The average molecular weight is 391 g/mol. The van der Waals surface area contributed by atoms with Crippen molar-refractivity contribution in [2.75, 3.05) is 19.7 Å². The number of hydrogen-bond donors (Lipinski definition) is 2. The van der Waals surface area contributed by atoms with Crippen molar-refractivity contribution in [3.8, 4) is 0 Å². The number of nitrogens with one attached hydrogen (secondary N) is 2. The maximum absolute atomic E-state index is 13.8. The van der Waals surface area contributed by atoms with Crippen LogP contribution in [0.15, 0.2) is 60.8 Å². The molecule has 29 heavy (non-hydrogen) atoms. The van der Waals surface area contributed by atoms with Crippen LogP contribution in [0.1, 0.15) is 41.7 Å². The molecule has 2 aromatic carbocycles. The minimum atomic E-state index is -0.340. The molecule has 150 valence electrons. The van der Waals surface area contributed by atoms with Gasteiger partial charge in [-0.3, -0.25) is 9.59 Å². The van der Waals surface area contributed by atoms with Crippen molar-refractivity contribution in [1.82, 2.24) is 4.98 Å². The molecule has 0 bridgehead atoms. The summed E-state index contributed by atoms with van der Waals surface area (Å²) in [6, 6.07) is 17.5. The minimum absolute atomic E-state index is 0.0909. The standard InChI is InChI=1S/C24H26N2O3/c1-2-29-24(28)18-11-8-14-26(16-18)22(17-9-4-3-5-10-17)23(27)20-15-25-21-13-7-6-12-19(20)21/h3-7,9-10,12-13,15,18,22,25H,2,8,11,14,16H2,1H3/p+1/t18-,22-/m0/s1. The summed E-state index contributed by atoms with van der Waals surface area (Å²) in [5.41, 5.74) is 2.66. The van der Waals surface area contributed by atoms with Gasteiger partial charge in [0.2, 0.25) is 5.78 Å². The number of carbonyl (C=O) groups excluding carboxylic acids is 2. The fraction of sp³-hybridized carbons (Fsp3) is 0.333. The Balaban J connectivity index is 1.69. The highest BCUT2D eigenvalue weighted by molar-refractivity contribution is 6.10. The zero-order valence-electron chi connectivity index (χ0n) is 16.7. The molecule has 2 heterocycles. The van der Waals surface area contributed by atoms with E-state index in [2.05, 4.69) is 4.98 Å². The van der Waals surface area contributed by atoms with E-state index in [1.54, 1.807) is 0 Å². The molecule has 1 unspecified atom stereocenters. The molecule has 1 aliphatic rings. The lowest BCUT2D eigenvalue weighted by atomic mass is 9.91. The topological polar surface area (TPSA) is 63.6 Å². The van der Waals surface area contributed by atoms with E-state index < -0.39 is 0 Å². The van der Waals surface area contributed by atoms with Crippen LogP contribution in [0.25, 0.3) is 10.9 Å². The van der Waals surface area contributed by atoms with Crippen molar-refractivity contribution in [3.63, 3.8) is 0 Å². The van der Waals surface area contributed by atoms with Crippen LogP contribution in [0.3, 0.4) is 0 Å². The number of quaternary nitrogens is 1. The van der Waals surface area contributed by atoms with Crippen LogP contribution in [-0.2, 0) is 9.53 Å². The molecule has 1 saturated heterocycles. The molecule has 1 aromatic heterocycles. The van der Waals surface area contributed by atoms with E-state index in [0.717, 1.165) is 40.8 Å². The lowest BCUT2D eigenvalue weighted by Crippen LogP contribution is -3.14. The summed E-state index contributed by atoms with van der Waals surface area (Å²) >= 11 is 0. The number of H-pyrrole nitrogens is 1. The quantitative estimate of drug-likeness (QED) is 0.502. The molecule has 0 radical (unpaired) electrons. The number of fused-ring (bicyclic) bond motifs is 1. The average Bonchev–Trinajstić information content (AvgIpc) is 3.19. The molecule has 1 aliphatic heterocycles. The third-order valence-corrected chi connectivity index (χ3v) is 5.84. The Bertz CT molecular complexity index is 996. The van der Waals surface area contributed by atoms with Gasteiger partial charge in [0.25, 0.3) is 0 Å². The molecule has 0 amide bonds.